The number of fused-ring (bicyclic) bond motifs is 1. The average molecular weight is 306 g/mol. The summed E-state index contributed by atoms with van der Waals surface area (Å²) in [5, 5.41) is 16.1. The zero-order valence-corrected chi connectivity index (χ0v) is 12.2. The van der Waals surface area contributed by atoms with Crippen molar-refractivity contribution in [2.45, 2.75) is 0 Å². The highest BCUT2D eigenvalue weighted by molar-refractivity contribution is 5.58. The molecule has 0 amide bonds. The maximum atomic E-state index is 8.93. The number of hydrogen-bond donors (Lipinski definition) is 1. The van der Waals surface area contributed by atoms with Crippen molar-refractivity contribution in [2.75, 3.05) is 0 Å². The lowest BCUT2D eigenvalue weighted by molar-refractivity contribution is -0.259. The molecule has 1 N–H and O–H groups in total. The summed E-state index contributed by atoms with van der Waals surface area (Å²) in [6.07, 6.45) is 15.8. The van der Waals surface area contributed by atoms with Crippen LogP contribution in [0.15, 0.2) is 88.9 Å². The molecule has 1 aliphatic heterocycles. The molecular formula is C17H14N4O2. The Morgan fingerprint density at radius 1 is 0.957 bits per heavy atom. The van der Waals surface area contributed by atoms with Crippen LogP contribution in [0.3, 0.4) is 0 Å². The van der Waals surface area contributed by atoms with E-state index >= 15 is 0 Å². The summed E-state index contributed by atoms with van der Waals surface area (Å²) in [5.41, 5.74) is 3.36. The molecule has 0 atom stereocenters. The lowest BCUT2D eigenvalue weighted by Gasteiger charge is -2.04. The van der Waals surface area contributed by atoms with Crippen LogP contribution in [0, 0.1) is 11.3 Å². The number of allylic oxidation sites excluding steroid dienone is 8. The molecular weight excluding hydrogens is 292 g/mol. The van der Waals surface area contributed by atoms with Crippen LogP contribution in [0.4, 0.5) is 0 Å². The minimum absolute atomic E-state index is 0.347. The normalized spacial score (nSPS) is 14.8. The molecule has 1 heterocycles. The van der Waals surface area contributed by atoms with Gasteiger partial charge in [0.2, 0.25) is 0 Å². The van der Waals surface area contributed by atoms with E-state index in [1.54, 1.807) is 18.2 Å². The Hall–Kier alpha value is -3.43. The first kappa shape index (κ1) is 15.9. The van der Waals surface area contributed by atoms with Crippen LogP contribution in [0.5, 0.6) is 5.75 Å². The fourth-order valence-corrected chi connectivity index (χ4v) is 1.57. The van der Waals surface area contributed by atoms with E-state index in [1.165, 1.54) is 6.20 Å². The first-order chi connectivity index (χ1) is 11.4. The summed E-state index contributed by atoms with van der Waals surface area (Å²) in [6.45, 7) is 0. The molecule has 1 aromatic rings. The predicted octanol–water partition coefficient (Wildman–Crippen LogP) is 3.97. The van der Waals surface area contributed by atoms with E-state index in [2.05, 4.69) is 15.9 Å². The summed E-state index contributed by atoms with van der Waals surface area (Å²) in [6, 6.07) is 9.35. The standard InChI is InChI=1S/C17H14N4O2/c18-13-15-9-5-3-1-2-4-6-10-16-11-7-8-12-17(16)22-23-21-20-19-14-15/h1-12,14H,(H,19,21). The van der Waals surface area contributed by atoms with Crippen LogP contribution in [0.1, 0.15) is 5.56 Å². The smallest absolute Gasteiger partial charge is 0.175 e. The van der Waals surface area contributed by atoms with Gasteiger partial charge in [0.1, 0.15) is 6.07 Å². The van der Waals surface area contributed by atoms with Crippen molar-refractivity contribution in [3.63, 3.8) is 0 Å². The molecule has 1 aromatic carbocycles. The molecule has 2 rings (SSSR count). The Balaban J connectivity index is 2.19. The van der Waals surface area contributed by atoms with Gasteiger partial charge in [-0.2, -0.15) is 5.26 Å². The second kappa shape index (κ2) is 9.50. The highest BCUT2D eigenvalue weighted by atomic mass is 17.3. The Morgan fingerprint density at radius 2 is 1.70 bits per heavy atom. The molecule has 0 aliphatic carbocycles. The zero-order valence-electron chi connectivity index (χ0n) is 12.2. The summed E-state index contributed by atoms with van der Waals surface area (Å²) in [5.74, 6) is 0.523. The third-order valence-electron chi connectivity index (χ3n) is 2.62. The summed E-state index contributed by atoms with van der Waals surface area (Å²) in [4.78, 5) is 9.86. The van der Waals surface area contributed by atoms with Crippen LogP contribution in [0.2, 0.25) is 0 Å². The molecule has 1 aliphatic rings. The van der Waals surface area contributed by atoms with Gasteiger partial charge < -0.3 is 4.89 Å². The average Bonchev–Trinajstić information content (AvgIpc) is 2.59. The third-order valence-corrected chi connectivity index (χ3v) is 2.62. The first-order valence-corrected chi connectivity index (χ1v) is 6.76. The molecule has 0 saturated carbocycles. The molecule has 0 bridgehead atoms. The Morgan fingerprint density at radius 3 is 2.52 bits per heavy atom. The summed E-state index contributed by atoms with van der Waals surface area (Å²) < 4.78 is 0. The van der Waals surface area contributed by atoms with Crippen molar-refractivity contribution >= 4 is 6.08 Å². The van der Waals surface area contributed by atoms with Gasteiger partial charge in [-0.15, -0.1) is 10.7 Å². The quantitative estimate of drug-likeness (QED) is 0.735. The van der Waals surface area contributed by atoms with Crippen molar-refractivity contribution in [2.24, 2.45) is 10.3 Å². The Labute approximate surface area is 133 Å². The molecule has 0 radical (unpaired) electrons. The number of benzene rings is 1. The topological polar surface area (TPSA) is 79.0 Å². The zero-order chi connectivity index (χ0) is 16.2. The molecule has 0 spiro atoms. The Kier molecular flexibility index (Phi) is 6.59. The van der Waals surface area contributed by atoms with E-state index in [0.717, 1.165) is 5.56 Å². The number of nitrogens with zero attached hydrogens (tertiary/aromatic N) is 3. The first-order valence-electron chi connectivity index (χ1n) is 6.76. The van der Waals surface area contributed by atoms with E-state index in [-0.39, 0.29) is 0 Å². The maximum absolute atomic E-state index is 8.93. The lowest BCUT2D eigenvalue weighted by Crippen LogP contribution is -2.09. The van der Waals surface area contributed by atoms with Gasteiger partial charge in [0, 0.05) is 5.56 Å². The third kappa shape index (κ3) is 5.83. The molecule has 0 fully saturated rings. The number of rotatable bonds is 0. The van der Waals surface area contributed by atoms with Gasteiger partial charge in [-0.3, -0.25) is 0 Å². The fraction of sp³-hybridized carbons (Fsp3) is 0. The van der Waals surface area contributed by atoms with E-state index in [9.17, 15) is 0 Å². The van der Waals surface area contributed by atoms with Crippen molar-refractivity contribution in [3.05, 3.63) is 84.1 Å². The largest absolute Gasteiger partial charge is 0.312 e. The van der Waals surface area contributed by atoms with E-state index in [4.69, 9.17) is 15.1 Å². The monoisotopic (exact) mass is 306 g/mol. The van der Waals surface area contributed by atoms with Crippen LogP contribution in [-0.2, 0) is 4.99 Å². The molecule has 6 nitrogen and oxygen atoms in total. The van der Waals surface area contributed by atoms with E-state index in [1.807, 2.05) is 60.7 Å². The number of nitrogens with one attached hydrogen (secondary N) is 1. The van der Waals surface area contributed by atoms with Crippen molar-refractivity contribution < 1.29 is 9.88 Å². The van der Waals surface area contributed by atoms with Crippen molar-refractivity contribution in [3.8, 4) is 11.8 Å². The minimum Gasteiger partial charge on any atom is -0.312 e. The van der Waals surface area contributed by atoms with E-state index in [0.29, 0.717) is 11.3 Å². The highest BCUT2D eigenvalue weighted by Crippen LogP contribution is 2.19. The number of para-hydroxylation sites is 1. The molecule has 114 valence electrons. The van der Waals surface area contributed by atoms with Gasteiger partial charge in [0.05, 0.1) is 11.8 Å². The lowest BCUT2D eigenvalue weighted by atomic mass is 10.2. The van der Waals surface area contributed by atoms with Gasteiger partial charge >= 0.3 is 0 Å². The summed E-state index contributed by atoms with van der Waals surface area (Å²) >= 11 is 0. The molecule has 0 saturated heterocycles. The van der Waals surface area contributed by atoms with Gasteiger partial charge in [0.25, 0.3) is 0 Å². The fourth-order valence-electron chi connectivity index (χ4n) is 1.57. The maximum Gasteiger partial charge on any atom is 0.175 e. The minimum atomic E-state index is 0.347. The van der Waals surface area contributed by atoms with Gasteiger partial charge in [-0.05, 0) is 22.4 Å². The van der Waals surface area contributed by atoms with Crippen LogP contribution < -0.4 is 10.5 Å². The van der Waals surface area contributed by atoms with Crippen molar-refractivity contribution in [1.29, 1.82) is 5.26 Å². The van der Waals surface area contributed by atoms with Crippen LogP contribution in [-0.4, -0.2) is 0 Å². The Bertz CT molecular complexity index is 737. The predicted molar refractivity (Wildman–Crippen MR) is 86.3 cm³/mol. The molecule has 0 unspecified atom stereocenters. The van der Waals surface area contributed by atoms with Gasteiger partial charge in [-0.1, -0.05) is 60.7 Å². The van der Waals surface area contributed by atoms with E-state index < -0.39 is 0 Å². The number of hydrogen-bond acceptors (Lipinski definition) is 6. The van der Waals surface area contributed by atoms with Crippen molar-refractivity contribution in [1.82, 2.24) is 5.59 Å². The molecule has 0 aromatic heterocycles. The molecule has 23 heavy (non-hydrogen) atoms. The highest BCUT2D eigenvalue weighted by Gasteiger charge is 2.00. The second-order valence-electron chi connectivity index (χ2n) is 4.20. The van der Waals surface area contributed by atoms with Crippen LogP contribution >= 0.6 is 0 Å². The van der Waals surface area contributed by atoms with Crippen LogP contribution in [0.25, 0.3) is 6.08 Å². The van der Waals surface area contributed by atoms with Gasteiger partial charge in [0.15, 0.2) is 5.75 Å². The van der Waals surface area contributed by atoms with Gasteiger partial charge in [-0.25, -0.2) is 0 Å². The SMILES string of the molecule is N#CC1=CN=NNOOc2ccccc2C=CC=CC=CC=C1. The number of nitriles is 1. The second-order valence-corrected chi connectivity index (χ2v) is 4.20. The molecule has 6 heteroatoms. The summed E-state index contributed by atoms with van der Waals surface area (Å²) in [7, 11) is 0.